The Morgan fingerprint density at radius 1 is 1.32 bits per heavy atom. The Morgan fingerprint density at radius 2 is 2.11 bits per heavy atom. The highest BCUT2D eigenvalue weighted by molar-refractivity contribution is 5.35. The molecule has 0 spiro atoms. The molecule has 0 heterocycles. The highest BCUT2D eigenvalue weighted by Gasteiger charge is 2.13. The second-order valence-electron chi connectivity index (χ2n) is 4.61. The van der Waals surface area contributed by atoms with Crippen LogP contribution >= 0.6 is 0 Å². The monoisotopic (exact) mass is 259 g/mol. The average molecular weight is 259 g/mol. The fourth-order valence-corrected chi connectivity index (χ4v) is 2.05. The molecule has 1 N–H and O–H groups in total. The molecule has 2 nitrogen and oxygen atoms in total. The van der Waals surface area contributed by atoms with E-state index in [9.17, 15) is 0 Å². The van der Waals surface area contributed by atoms with Gasteiger partial charge in [0.15, 0.2) is 0 Å². The zero-order chi connectivity index (χ0) is 13.9. The molecule has 104 valence electrons. The molecule has 19 heavy (non-hydrogen) atoms. The van der Waals surface area contributed by atoms with Gasteiger partial charge in [0, 0.05) is 18.0 Å². The second kappa shape index (κ2) is 9.47. The number of nitrogens with one attached hydrogen (secondary N) is 1. The molecule has 0 aromatic heterocycles. The van der Waals surface area contributed by atoms with Gasteiger partial charge in [-0.25, -0.2) is 0 Å². The maximum Gasteiger partial charge on any atom is 0.124 e. The fourth-order valence-electron chi connectivity index (χ4n) is 2.05. The number of rotatable bonds is 9. The third-order valence-electron chi connectivity index (χ3n) is 3.07. The standard InChI is InChI=1S/C17H25NO/c1-4-7-10-14-19-17-12-9-8-11-15(17)16(6-3)18-13-5-2/h1,8-9,11-12,16,18H,5-7,10,13-14H2,2-3H3. The predicted octanol–water partition coefficient (Wildman–Crippen LogP) is 3.93. The Kier molecular flexibility index (Phi) is 7.77. The van der Waals surface area contributed by atoms with E-state index in [1.807, 2.05) is 12.1 Å². The van der Waals surface area contributed by atoms with Crippen LogP contribution in [0.2, 0.25) is 0 Å². The van der Waals surface area contributed by atoms with E-state index in [1.165, 1.54) is 5.56 Å². The summed E-state index contributed by atoms with van der Waals surface area (Å²) in [7, 11) is 0. The van der Waals surface area contributed by atoms with Crippen LogP contribution in [0.4, 0.5) is 0 Å². The molecule has 1 rings (SSSR count). The van der Waals surface area contributed by atoms with Gasteiger partial charge in [-0.1, -0.05) is 32.0 Å². The molecule has 0 saturated carbocycles. The molecule has 1 unspecified atom stereocenters. The lowest BCUT2D eigenvalue weighted by Crippen LogP contribution is -2.22. The van der Waals surface area contributed by atoms with Crippen molar-refractivity contribution in [2.45, 2.75) is 45.6 Å². The van der Waals surface area contributed by atoms with Gasteiger partial charge in [0.2, 0.25) is 0 Å². The van der Waals surface area contributed by atoms with Crippen LogP contribution in [-0.2, 0) is 0 Å². The van der Waals surface area contributed by atoms with E-state index in [-0.39, 0.29) is 0 Å². The first-order valence-electron chi connectivity index (χ1n) is 7.22. The summed E-state index contributed by atoms with van der Waals surface area (Å²) in [5, 5.41) is 3.57. The molecule has 0 fully saturated rings. The van der Waals surface area contributed by atoms with E-state index < -0.39 is 0 Å². The molecule has 1 aromatic carbocycles. The predicted molar refractivity (Wildman–Crippen MR) is 81.3 cm³/mol. The van der Waals surface area contributed by atoms with Crippen molar-refractivity contribution >= 4 is 0 Å². The first kappa shape index (κ1) is 15.6. The van der Waals surface area contributed by atoms with Crippen LogP contribution in [0, 0.1) is 12.3 Å². The first-order chi connectivity index (χ1) is 9.33. The van der Waals surface area contributed by atoms with Crippen LogP contribution in [0.25, 0.3) is 0 Å². The minimum atomic E-state index is 0.365. The van der Waals surface area contributed by atoms with Crippen molar-refractivity contribution < 1.29 is 4.74 Å². The quantitative estimate of drug-likeness (QED) is 0.536. The highest BCUT2D eigenvalue weighted by atomic mass is 16.5. The minimum absolute atomic E-state index is 0.365. The number of terminal acetylenes is 1. The lowest BCUT2D eigenvalue weighted by Gasteiger charge is -2.20. The van der Waals surface area contributed by atoms with Gasteiger partial charge in [-0.05, 0) is 31.9 Å². The molecule has 0 saturated heterocycles. The summed E-state index contributed by atoms with van der Waals surface area (Å²) < 4.78 is 5.87. The number of benzene rings is 1. The van der Waals surface area contributed by atoms with Gasteiger partial charge in [0.05, 0.1) is 6.61 Å². The topological polar surface area (TPSA) is 21.3 Å². The zero-order valence-corrected chi connectivity index (χ0v) is 12.1. The Labute approximate surface area is 117 Å². The van der Waals surface area contributed by atoms with Gasteiger partial charge in [-0.3, -0.25) is 0 Å². The number of hydrogen-bond acceptors (Lipinski definition) is 2. The number of ether oxygens (including phenoxy) is 1. The van der Waals surface area contributed by atoms with Crippen molar-refractivity contribution in [3.8, 4) is 18.1 Å². The van der Waals surface area contributed by atoms with Crippen molar-refractivity contribution in [3.63, 3.8) is 0 Å². The molecule has 0 aliphatic heterocycles. The van der Waals surface area contributed by atoms with Crippen molar-refractivity contribution in [3.05, 3.63) is 29.8 Å². The maximum absolute atomic E-state index is 5.87. The first-order valence-corrected chi connectivity index (χ1v) is 7.22. The third kappa shape index (κ3) is 5.36. The van der Waals surface area contributed by atoms with Crippen LogP contribution in [0.3, 0.4) is 0 Å². The summed E-state index contributed by atoms with van der Waals surface area (Å²) in [6.45, 7) is 6.10. The summed E-state index contributed by atoms with van der Waals surface area (Å²) in [5.41, 5.74) is 1.25. The van der Waals surface area contributed by atoms with E-state index >= 15 is 0 Å². The average Bonchev–Trinajstić information content (AvgIpc) is 2.45. The molecular formula is C17H25NO. The molecule has 1 aromatic rings. The van der Waals surface area contributed by atoms with Crippen LogP contribution in [-0.4, -0.2) is 13.2 Å². The zero-order valence-electron chi connectivity index (χ0n) is 12.1. The van der Waals surface area contributed by atoms with E-state index in [1.54, 1.807) is 0 Å². The molecule has 0 amide bonds. The lowest BCUT2D eigenvalue weighted by molar-refractivity contribution is 0.305. The van der Waals surface area contributed by atoms with Gasteiger partial charge >= 0.3 is 0 Å². The summed E-state index contributed by atoms with van der Waals surface area (Å²) in [6, 6.07) is 8.64. The smallest absolute Gasteiger partial charge is 0.124 e. The van der Waals surface area contributed by atoms with E-state index in [0.29, 0.717) is 12.6 Å². The van der Waals surface area contributed by atoms with Gasteiger partial charge in [0.1, 0.15) is 5.75 Å². The molecule has 0 radical (unpaired) electrons. The van der Waals surface area contributed by atoms with Crippen molar-refractivity contribution in [1.82, 2.24) is 5.32 Å². The minimum Gasteiger partial charge on any atom is -0.493 e. The summed E-state index contributed by atoms with van der Waals surface area (Å²) >= 11 is 0. The molecule has 1 atom stereocenters. The molecule has 0 aliphatic rings. The molecule has 0 aliphatic carbocycles. The van der Waals surface area contributed by atoms with Crippen molar-refractivity contribution in [1.29, 1.82) is 0 Å². The Bertz CT molecular complexity index is 394. The molecule has 0 bridgehead atoms. The highest BCUT2D eigenvalue weighted by Crippen LogP contribution is 2.27. The van der Waals surface area contributed by atoms with E-state index in [4.69, 9.17) is 11.2 Å². The normalized spacial score (nSPS) is 11.8. The van der Waals surface area contributed by atoms with Gasteiger partial charge in [-0.15, -0.1) is 12.3 Å². The molecule has 2 heteroatoms. The Balaban J connectivity index is 2.67. The van der Waals surface area contributed by atoms with Crippen molar-refractivity contribution in [2.24, 2.45) is 0 Å². The maximum atomic E-state index is 5.87. The number of hydrogen-bond donors (Lipinski definition) is 1. The lowest BCUT2D eigenvalue weighted by atomic mass is 10.0. The fraction of sp³-hybridized carbons (Fsp3) is 0.529. The summed E-state index contributed by atoms with van der Waals surface area (Å²) in [4.78, 5) is 0. The number of unbranched alkanes of at least 4 members (excludes halogenated alkanes) is 1. The van der Waals surface area contributed by atoms with Crippen molar-refractivity contribution in [2.75, 3.05) is 13.2 Å². The molecular weight excluding hydrogens is 234 g/mol. The Morgan fingerprint density at radius 3 is 2.79 bits per heavy atom. The summed E-state index contributed by atoms with van der Waals surface area (Å²) in [5.74, 6) is 3.62. The van der Waals surface area contributed by atoms with Gasteiger partial charge in [0.25, 0.3) is 0 Å². The third-order valence-corrected chi connectivity index (χ3v) is 3.07. The second-order valence-corrected chi connectivity index (χ2v) is 4.61. The SMILES string of the molecule is C#CCCCOc1ccccc1C(CC)NCCC. The van der Waals surface area contributed by atoms with E-state index in [2.05, 4.69) is 37.2 Å². The summed E-state index contributed by atoms with van der Waals surface area (Å²) in [6.07, 6.45) is 9.13. The number of para-hydroxylation sites is 1. The Hall–Kier alpha value is -1.46. The van der Waals surface area contributed by atoms with Crippen LogP contribution < -0.4 is 10.1 Å². The van der Waals surface area contributed by atoms with Crippen LogP contribution in [0.15, 0.2) is 24.3 Å². The largest absolute Gasteiger partial charge is 0.493 e. The van der Waals surface area contributed by atoms with E-state index in [0.717, 1.165) is 38.0 Å². The van der Waals surface area contributed by atoms with Gasteiger partial charge in [-0.2, -0.15) is 0 Å². The van der Waals surface area contributed by atoms with Crippen LogP contribution in [0.5, 0.6) is 5.75 Å². The van der Waals surface area contributed by atoms with Crippen LogP contribution in [0.1, 0.15) is 51.1 Å². The van der Waals surface area contributed by atoms with Gasteiger partial charge < -0.3 is 10.1 Å².